The molecule has 0 atom stereocenters. The Bertz CT molecular complexity index is 968. The summed E-state index contributed by atoms with van der Waals surface area (Å²) in [6, 6.07) is 4.02. The minimum atomic E-state index is -3.77. The standard InChI is InChI=1S/C17H24N6O4S2/c1-13(2)12-22-17(18-19-20-22)28-16-8-7-14(11-15(16)23(24)25)29(26,27)21-9-5-3-4-6-10-21/h7-8,11,13H,3-6,9-10,12H2,1-2H3. The van der Waals surface area contributed by atoms with Crippen molar-refractivity contribution in [1.82, 2.24) is 24.5 Å². The molecule has 0 N–H and O–H groups in total. The molecule has 0 radical (unpaired) electrons. The predicted molar refractivity (Wildman–Crippen MR) is 107 cm³/mol. The molecule has 3 rings (SSSR count). The van der Waals surface area contributed by atoms with Crippen LogP contribution in [0.4, 0.5) is 5.69 Å². The lowest BCUT2D eigenvalue weighted by molar-refractivity contribution is -0.388. The zero-order valence-corrected chi connectivity index (χ0v) is 18.0. The minimum absolute atomic E-state index is 0.0581. The van der Waals surface area contributed by atoms with Crippen molar-refractivity contribution in [1.29, 1.82) is 0 Å². The molecule has 1 aliphatic heterocycles. The zero-order chi connectivity index (χ0) is 21.0. The fraction of sp³-hybridized carbons (Fsp3) is 0.588. The summed E-state index contributed by atoms with van der Waals surface area (Å²) >= 11 is 1.05. The van der Waals surface area contributed by atoms with Crippen molar-refractivity contribution in [3.05, 3.63) is 28.3 Å². The smallest absolute Gasteiger partial charge is 0.258 e. The maximum atomic E-state index is 13.0. The van der Waals surface area contributed by atoms with Crippen LogP contribution in [0.3, 0.4) is 0 Å². The van der Waals surface area contributed by atoms with E-state index in [0.717, 1.165) is 43.5 Å². The molecular weight excluding hydrogens is 416 g/mol. The molecule has 0 saturated carbocycles. The first kappa shape index (κ1) is 21.7. The molecule has 0 aliphatic carbocycles. The van der Waals surface area contributed by atoms with E-state index >= 15 is 0 Å². The number of hydrogen-bond acceptors (Lipinski definition) is 8. The molecule has 1 aromatic heterocycles. The number of hydrogen-bond donors (Lipinski definition) is 0. The van der Waals surface area contributed by atoms with Crippen LogP contribution >= 0.6 is 11.8 Å². The number of nitro benzene ring substituents is 1. The van der Waals surface area contributed by atoms with Crippen molar-refractivity contribution in [3.63, 3.8) is 0 Å². The molecule has 0 bridgehead atoms. The van der Waals surface area contributed by atoms with Crippen LogP contribution in [0.15, 0.2) is 33.1 Å². The van der Waals surface area contributed by atoms with E-state index in [9.17, 15) is 18.5 Å². The van der Waals surface area contributed by atoms with Crippen molar-refractivity contribution < 1.29 is 13.3 Å². The number of rotatable bonds is 7. The van der Waals surface area contributed by atoms with Crippen LogP contribution in [0, 0.1) is 16.0 Å². The van der Waals surface area contributed by atoms with Crippen LogP contribution in [0.2, 0.25) is 0 Å². The Morgan fingerprint density at radius 2 is 1.90 bits per heavy atom. The number of nitrogens with zero attached hydrogens (tertiary/aromatic N) is 6. The van der Waals surface area contributed by atoms with Crippen LogP contribution in [-0.2, 0) is 16.6 Å². The quantitative estimate of drug-likeness (QED) is 0.475. The monoisotopic (exact) mass is 440 g/mol. The van der Waals surface area contributed by atoms with E-state index in [2.05, 4.69) is 15.5 Å². The van der Waals surface area contributed by atoms with E-state index in [1.807, 2.05) is 13.8 Å². The topological polar surface area (TPSA) is 124 Å². The van der Waals surface area contributed by atoms with Gasteiger partial charge in [-0.2, -0.15) is 4.31 Å². The average Bonchev–Trinajstić information content (AvgIpc) is 2.92. The first-order valence-electron chi connectivity index (χ1n) is 9.51. The molecule has 10 nitrogen and oxygen atoms in total. The van der Waals surface area contributed by atoms with Crippen LogP contribution in [0.25, 0.3) is 0 Å². The summed E-state index contributed by atoms with van der Waals surface area (Å²) in [5, 5.41) is 23.6. The first-order valence-corrected chi connectivity index (χ1v) is 11.8. The number of benzene rings is 1. The van der Waals surface area contributed by atoms with Gasteiger partial charge in [0.15, 0.2) is 0 Å². The maximum absolute atomic E-state index is 13.0. The van der Waals surface area contributed by atoms with Gasteiger partial charge in [-0.1, -0.05) is 26.7 Å². The molecule has 12 heteroatoms. The second kappa shape index (κ2) is 9.18. The van der Waals surface area contributed by atoms with Gasteiger partial charge in [0.2, 0.25) is 15.2 Å². The molecule has 2 aromatic rings. The van der Waals surface area contributed by atoms with Gasteiger partial charge in [0.25, 0.3) is 5.69 Å². The molecule has 158 valence electrons. The maximum Gasteiger partial charge on any atom is 0.284 e. The number of sulfonamides is 1. The average molecular weight is 441 g/mol. The molecule has 1 aliphatic rings. The highest BCUT2D eigenvalue weighted by molar-refractivity contribution is 7.99. The first-order chi connectivity index (χ1) is 13.8. The van der Waals surface area contributed by atoms with Crippen molar-refractivity contribution in [2.24, 2.45) is 5.92 Å². The Morgan fingerprint density at radius 3 is 2.52 bits per heavy atom. The summed E-state index contributed by atoms with van der Waals surface area (Å²) in [4.78, 5) is 11.3. The van der Waals surface area contributed by atoms with Gasteiger partial charge in [-0.05, 0) is 53.1 Å². The van der Waals surface area contributed by atoms with Crippen LogP contribution in [-0.4, -0.2) is 50.9 Å². The second-order valence-corrected chi connectivity index (χ2v) is 10.3. The minimum Gasteiger partial charge on any atom is -0.258 e. The molecule has 0 amide bonds. The van der Waals surface area contributed by atoms with E-state index in [1.54, 1.807) is 4.68 Å². The van der Waals surface area contributed by atoms with Crippen LogP contribution in [0.1, 0.15) is 39.5 Å². The highest BCUT2D eigenvalue weighted by Crippen LogP contribution is 2.36. The molecule has 0 spiro atoms. The van der Waals surface area contributed by atoms with Crippen molar-refractivity contribution in [2.75, 3.05) is 13.1 Å². The van der Waals surface area contributed by atoms with E-state index < -0.39 is 14.9 Å². The Labute approximate surface area is 173 Å². The third-order valence-corrected chi connectivity index (χ3v) is 7.50. The molecule has 1 aromatic carbocycles. The Kier molecular flexibility index (Phi) is 6.85. The summed E-state index contributed by atoms with van der Waals surface area (Å²) in [6.45, 7) is 5.49. The Morgan fingerprint density at radius 1 is 1.21 bits per heavy atom. The lowest BCUT2D eigenvalue weighted by Crippen LogP contribution is -2.31. The van der Waals surface area contributed by atoms with Crippen molar-refractivity contribution >= 4 is 27.5 Å². The highest BCUT2D eigenvalue weighted by Gasteiger charge is 2.28. The van der Waals surface area contributed by atoms with Gasteiger partial charge in [0, 0.05) is 25.7 Å². The van der Waals surface area contributed by atoms with Gasteiger partial charge in [0.1, 0.15) is 0 Å². The Balaban J connectivity index is 1.91. The molecule has 0 unspecified atom stereocenters. The largest absolute Gasteiger partial charge is 0.284 e. The van der Waals surface area contributed by atoms with Crippen LogP contribution < -0.4 is 0 Å². The normalized spacial score (nSPS) is 16.1. The summed E-state index contributed by atoms with van der Waals surface area (Å²) in [5.74, 6) is 0.300. The fourth-order valence-electron chi connectivity index (χ4n) is 3.15. The summed E-state index contributed by atoms with van der Waals surface area (Å²) in [5.41, 5.74) is -0.273. The molecular formula is C17H24N6O4S2. The molecule has 1 saturated heterocycles. The zero-order valence-electron chi connectivity index (χ0n) is 16.4. The van der Waals surface area contributed by atoms with Gasteiger partial charge in [0.05, 0.1) is 14.7 Å². The van der Waals surface area contributed by atoms with Crippen molar-refractivity contribution in [3.8, 4) is 0 Å². The highest BCUT2D eigenvalue weighted by atomic mass is 32.2. The van der Waals surface area contributed by atoms with Gasteiger partial charge < -0.3 is 0 Å². The molecule has 2 heterocycles. The molecule has 1 fully saturated rings. The van der Waals surface area contributed by atoms with Gasteiger partial charge in [-0.3, -0.25) is 10.1 Å². The summed E-state index contributed by atoms with van der Waals surface area (Å²) in [6.07, 6.45) is 3.58. The van der Waals surface area contributed by atoms with E-state index in [0.29, 0.717) is 35.6 Å². The van der Waals surface area contributed by atoms with Gasteiger partial charge in [-0.25, -0.2) is 13.1 Å². The van der Waals surface area contributed by atoms with Gasteiger partial charge >= 0.3 is 0 Å². The third kappa shape index (κ3) is 5.11. The summed E-state index contributed by atoms with van der Waals surface area (Å²) < 4.78 is 29.0. The Hall–Kier alpha value is -2.05. The number of aromatic nitrogens is 4. The van der Waals surface area contributed by atoms with Gasteiger partial charge in [-0.15, -0.1) is 5.10 Å². The lowest BCUT2D eigenvalue weighted by Gasteiger charge is -2.20. The molecule has 29 heavy (non-hydrogen) atoms. The summed E-state index contributed by atoms with van der Waals surface area (Å²) in [7, 11) is -3.77. The third-order valence-electron chi connectivity index (χ3n) is 4.57. The lowest BCUT2D eigenvalue weighted by atomic mass is 10.2. The fourth-order valence-corrected chi connectivity index (χ4v) is 5.55. The van der Waals surface area contributed by atoms with E-state index in [4.69, 9.17) is 0 Å². The number of tetrazole rings is 1. The second-order valence-electron chi connectivity index (χ2n) is 7.34. The van der Waals surface area contributed by atoms with Crippen LogP contribution in [0.5, 0.6) is 0 Å². The van der Waals surface area contributed by atoms with E-state index in [1.165, 1.54) is 16.4 Å². The van der Waals surface area contributed by atoms with E-state index in [-0.39, 0.29) is 10.6 Å². The SMILES string of the molecule is CC(C)Cn1nnnc1Sc1ccc(S(=O)(=O)N2CCCCCC2)cc1[N+](=O)[O-]. The predicted octanol–water partition coefficient (Wildman–Crippen LogP) is 2.95. The number of nitro groups is 1. The van der Waals surface area contributed by atoms with Crippen molar-refractivity contribution in [2.45, 2.75) is 61.0 Å².